The molecule has 3 rings (SSSR count). The van der Waals surface area contributed by atoms with Gasteiger partial charge in [0.2, 0.25) is 5.91 Å². The van der Waals surface area contributed by atoms with Crippen LogP contribution in [-0.4, -0.2) is 11.0 Å². The summed E-state index contributed by atoms with van der Waals surface area (Å²) < 4.78 is 38.4. The topological polar surface area (TPSA) is 49.3 Å². The highest BCUT2D eigenvalue weighted by Crippen LogP contribution is 2.48. The van der Waals surface area contributed by atoms with Crippen molar-refractivity contribution in [2.45, 2.75) is 31.7 Å². The third kappa shape index (κ3) is 4.02. The lowest BCUT2D eigenvalue weighted by Crippen LogP contribution is -2.25. The van der Waals surface area contributed by atoms with Crippen molar-refractivity contribution >= 4 is 5.91 Å². The first-order valence-corrected chi connectivity index (χ1v) is 8.02. The zero-order valence-electron chi connectivity index (χ0n) is 13.4. The first kappa shape index (κ1) is 17.5. The fraction of sp³-hybridized carbons (Fsp3) is 0.316. The fourth-order valence-corrected chi connectivity index (χ4v) is 3.00. The van der Waals surface area contributed by atoms with Crippen LogP contribution in [0.25, 0.3) is 0 Å². The van der Waals surface area contributed by atoms with E-state index >= 15 is 0 Å². The van der Waals surface area contributed by atoms with Gasteiger partial charge in [-0.1, -0.05) is 42.5 Å². The number of hydrogen-bond acceptors (Lipinski definition) is 2. The molecule has 2 atom stereocenters. The highest BCUT2D eigenvalue weighted by Gasteiger charge is 2.44. The molecule has 0 bridgehead atoms. The van der Waals surface area contributed by atoms with E-state index in [1.54, 1.807) is 18.2 Å². The lowest BCUT2D eigenvalue weighted by molar-refractivity contribution is -0.137. The number of halogens is 3. The maximum absolute atomic E-state index is 12.8. The Bertz CT molecular complexity index is 773. The SMILES string of the molecule is O=C(NCc1ccccc1CO)C1CC1c1cccc(C(F)(F)F)c1. The van der Waals surface area contributed by atoms with Crippen molar-refractivity contribution in [2.75, 3.05) is 0 Å². The number of carbonyl (C=O) groups is 1. The summed E-state index contributed by atoms with van der Waals surface area (Å²) in [4.78, 5) is 12.2. The predicted molar refractivity (Wildman–Crippen MR) is 86.5 cm³/mol. The van der Waals surface area contributed by atoms with Gasteiger partial charge in [-0.2, -0.15) is 13.2 Å². The van der Waals surface area contributed by atoms with Gasteiger partial charge >= 0.3 is 6.18 Å². The summed E-state index contributed by atoms with van der Waals surface area (Å²) in [5, 5.41) is 12.1. The van der Waals surface area contributed by atoms with Crippen molar-refractivity contribution in [2.24, 2.45) is 5.92 Å². The Morgan fingerprint density at radius 2 is 1.84 bits per heavy atom. The van der Waals surface area contributed by atoms with Gasteiger partial charge < -0.3 is 10.4 Å². The van der Waals surface area contributed by atoms with E-state index in [1.165, 1.54) is 6.07 Å². The summed E-state index contributed by atoms with van der Waals surface area (Å²) in [5.74, 6) is -0.643. The van der Waals surface area contributed by atoms with Crippen LogP contribution in [0.5, 0.6) is 0 Å². The zero-order valence-corrected chi connectivity index (χ0v) is 13.4. The fourth-order valence-electron chi connectivity index (χ4n) is 3.00. The Morgan fingerprint density at radius 3 is 2.52 bits per heavy atom. The van der Waals surface area contributed by atoms with E-state index < -0.39 is 11.7 Å². The first-order chi connectivity index (χ1) is 11.9. The van der Waals surface area contributed by atoms with E-state index in [1.807, 2.05) is 12.1 Å². The van der Waals surface area contributed by atoms with Gasteiger partial charge in [-0.25, -0.2) is 0 Å². The van der Waals surface area contributed by atoms with Gasteiger partial charge in [-0.05, 0) is 35.1 Å². The molecule has 132 valence electrons. The highest BCUT2D eigenvalue weighted by molar-refractivity contribution is 5.82. The van der Waals surface area contributed by atoms with Crippen LogP contribution >= 0.6 is 0 Å². The molecule has 25 heavy (non-hydrogen) atoms. The van der Waals surface area contributed by atoms with E-state index in [4.69, 9.17) is 0 Å². The lowest BCUT2D eigenvalue weighted by Gasteiger charge is -2.10. The molecule has 2 aromatic carbocycles. The molecule has 1 amide bonds. The van der Waals surface area contributed by atoms with Gasteiger partial charge in [0.1, 0.15) is 0 Å². The average molecular weight is 349 g/mol. The van der Waals surface area contributed by atoms with Gasteiger partial charge in [-0.3, -0.25) is 4.79 Å². The Kier molecular flexibility index (Phi) is 4.81. The van der Waals surface area contributed by atoms with E-state index in [0.29, 0.717) is 18.5 Å². The quantitative estimate of drug-likeness (QED) is 0.866. The summed E-state index contributed by atoms with van der Waals surface area (Å²) in [5.41, 5.74) is 1.43. The van der Waals surface area contributed by atoms with E-state index in [-0.39, 0.29) is 24.3 Å². The maximum atomic E-state index is 12.8. The van der Waals surface area contributed by atoms with Gasteiger partial charge in [0.15, 0.2) is 0 Å². The number of aliphatic hydroxyl groups is 1. The number of rotatable bonds is 5. The molecule has 1 aliphatic rings. The van der Waals surface area contributed by atoms with Gasteiger partial charge in [0, 0.05) is 12.5 Å². The van der Waals surface area contributed by atoms with Gasteiger partial charge in [-0.15, -0.1) is 0 Å². The van der Waals surface area contributed by atoms with Crippen LogP contribution in [0, 0.1) is 5.92 Å². The Hall–Kier alpha value is -2.34. The van der Waals surface area contributed by atoms with Gasteiger partial charge in [0.05, 0.1) is 12.2 Å². The largest absolute Gasteiger partial charge is 0.416 e. The van der Waals surface area contributed by atoms with Crippen LogP contribution in [0.1, 0.15) is 34.6 Å². The minimum absolute atomic E-state index is 0.109. The van der Waals surface area contributed by atoms with Crippen LogP contribution in [-0.2, 0) is 24.1 Å². The van der Waals surface area contributed by atoms with Crippen LogP contribution < -0.4 is 5.32 Å². The van der Waals surface area contributed by atoms with Gasteiger partial charge in [0.25, 0.3) is 0 Å². The van der Waals surface area contributed by atoms with Crippen molar-refractivity contribution in [1.29, 1.82) is 0 Å². The number of alkyl halides is 3. The third-order valence-corrected chi connectivity index (χ3v) is 4.51. The molecule has 0 heterocycles. The Labute approximate surface area is 143 Å². The standard InChI is InChI=1S/C19H18F3NO2/c20-19(21,22)15-7-3-6-12(8-15)16-9-17(16)18(25)23-10-13-4-1-2-5-14(13)11-24/h1-8,16-17,24H,9-11H2,(H,23,25). The van der Waals surface area contributed by atoms with Crippen LogP contribution in [0.15, 0.2) is 48.5 Å². The number of carbonyl (C=O) groups excluding carboxylic acids is 1. The second-order valence-electron chi connectivity index (χ2n) is 6.22. The molecule has 0 aromatic heterocycles. The Morgan fingerprint density at radius 1 is 1.12 bits per heavy atom. The molecule has 1 aliphatic carbocycles. The van der Waals surface area contributed by atoms with E-state index in [0.717, 1.165) is 23.3 Å². The van der Waals surface area contributed by atoms with Crippen LogP contribution in [0.2, 0.25) is 0 Å². The van der Waals surface area contributed by atoms with Crippen molar-refractivity contribution < 1.29 is 23.1 Å². The molecule has 2 N–H and O–H groups in total. The van der Waals surface area contributed by atoms with Crippen molar-refractivity contribution in [1.82, 2.24) is 5.32 Å². The molecule has 0 radical (unpaired) electrons. The van der Waals surface area contributed by atoms with Crippen molar-refractivity contribution in [3.63, 3.8) is 0 Å². The van der Waals surface area contributed by atoms with E-state index in [9.17, 15) is 23.1 Å². The lowest BCUT2D eigenvalue weighted by atomic mass is 10.0. The average Bonchev–Trinajstić information content (AvgIpc) is 3.40. The molecule has 2 aromatic rings. The maximum Gasteiger partial charge on any atom is 0.416 e. The molecule has 0 saturated heterocycles. The number of nitrogens with one attached hydrogen (secondary N) is 1. The number of hydrogen-bond donors (Lipinski definition) is 2. The second-order valence-corrected chi connectivity index (χ2v) is 6.22. The molecular formula is C19H18F3NO2. The summed E-state index contributed by atoms with van der Waals surface area (Å²) in [7, 11) is 0. The zero-order chi connectivity index (χ0) is 18.0. The van der Waals surface area contributed by atoms with Crippen LogP contribution in [0.4, 0.5) is 13.2 Å². The molecule has 2 unspecified atom stereocenters. The summed E-state index contributed by atoms with van der Waals surface area (Å²) in [6.07, 6.45) is -3.83. The minimum Gasteiger partial charge on any atom is -0.392 e. The molecular weight excluding hydrogens is 331 g/mol. The molecule has 0 spiro atoms. The first-order valence-electron chi connectivity index (χ1n) is 8.02. The van der Waals surface area contributed by atoms with E-state index in [2.05, 4.69) is 5.32 Å². The normalized spacial score (nSPS) is 19.5. The highest BCUT2D eigenvalue weighted by atomic mass is 19.4. The number of benzene rings is 2. The molecule has 1 saturated carbocycles. The van der Waals surface area contributed by atoms with Crippen LogP contribution in [0.3, 0.4) is 0 Å². The number of aliphatic hydroxyl groups excluding tert-OH is 1. The summed E-state index contributed by atoms with van der Waals surface area (Å²) in [6.45, 7) is 0.184. The van der Waals surface area contributed by atoms with Crippen molar-refractivity contribution in [3.05, 3.63) is 70.8 Å². The third-order valence-electron chi connectivity index (χ3n) is 4.51. The smallest absolute Gasteiger partial charge is 0.392 e. The molecule has 1 fully saturated rings. The molecule has 0 aliphatic heterocycles. The summed E-state index contributed by atoms with van der Waals surface area (Å²) in [6, 6.07) is 12.4. The molecule has 3 nitrogen and oxygen atoms in total. The monoisotopic (exact) mass is 349 g/mol. The minimum atomic E-state index is -4.38. The Balaban J connectivity index is 1.61. The summed E-state index contributed by atoms with van der Waals surface area (Å²) >= 11 is 0. The second kappa shape index (κ2) is 6.88. The predicted octanol–water partition coefficient (Wildman–Crippen LogP) is 3.62. The number of amides is 1. The van der Waals surface area contributed by atoms with Crippen molar-refractivity contribution in [3.8, 4) is 0 Å². The molecule has 6 heteroatoms.